The Morgan fingerprint density at radius 1 is 1.04 bits per heavy atom. The van der Waals surface area contributed by atoms with Gasteiger partial charge in [0, 0.05) is 19.0 Å². The van der Waals surface area contributed by atoms with Crippen LogP contribution in [0.25, 0.3) is 0 Å². The van der Waals surface area contributed by atoms with Gasteiger partial charge < -0.3 is 15.8 Å². The first-order valence-corrected chi connectivity index (χ1v) is 8.51. The van der Waals surface area contributed by atoms with Gasteiger partial charge in [0.1, 0.15) is 6.10 Å². The lowest BCUT2D eigenvalue weighted by Gasteiger charge is -2.20. The number of carbonyl (C=O) groups excluding carboxylic acids is 1. The molecule has 0 saturated carbocycles. The lowest BCUT2D eigenvalue weighted by molar-refractivity contribution is -0.131. The first-order valence-electron chi connectivity index (χ1n) is 8.51. The molecule has 3 N–H and O–H groups in total. The zero-order chi connectivity index (χ0) is 16.8. The monoisotopic (exact) mass is 324 g/mol. The smallest absolute Gasteiger partial charge is 0.249 e. The summed E-state index contributed by atoms with van der Waals surface area (Å²) in [5.41, 5.74) is 8.00. The van der Waals surface area contributed by atoms with Gasteiger partial charge in [-0.15, -0.1) is 0 Å². The molecule has 2 atom stereocenters. The molecule has 4 nitrogen and oxygen atoms in total. The number of nitrogens with one attached hydrogen (secondary N) is 1. The average Bonchev–Trinajstić information content (AvgIpc) is 3.13. The van der Waals surface area contributed by atoms with Gasteiger partial charge in [0.2, 0.25) is 5.91 Å². The van der Waals surface area contributed by atoms with E-state index in [0.717, 1.165) is 12.8 Å². The molecule has 0 aliphatic carbocycles. The highest BCUT2D eigenvalue weighted by Gasteiger charge is 2.30. The molecule has 126 valence electrons. The van der Waals surface area contributed by atoms with Crippen LogP contribution in [0.1, 0.15) is 29.9 Å². The maximum absolute atomic E-state index is 12.4. The van der Waals surface area contributed by atoms with Crippen LogP contribution in [0.2, 0.25) is 0 Å². The molecule has 0 bridgehead atoms. The largest absolute Gasteiger partial charge is 0.364 e. The Labute approximate surface area is 143 Å². The summed E-state index contributed by atoms with van der Waals surface area (Å²) in [6.07, 6.45) is 1.25. The van der Waals surface area contributed by atoms with Crippen molar-refractivity contribution in [2.24, 2.45) is 5.73 Å². The van der Waals surface area contributed by atoms with Gasteiger partial charge in [0.15, 0.2) is 0 Å². The lowest BCUT2D eigenvalue weighted by atomic mass is 9.91. The number of amides is 1. The summed E-state index contributed by atoms with van der Waals surface area (Å²) < 4.78 is 5.68. The van der Waals surface area contributed by atoms with Gasteiger partial charge in [0.25, 0.3) is 0 Å². The minimum Gasteiger partial charge on any atom is -0.364 e. The number of carbonyl (C=O) groups is 1. The number of benzene rings is 2. The van der Waals surface area contributed by atoms with Crippen molar-refractivity contribution in [3.05, 3.63) is 71.8 Å². The van der Waals surface area contributed by atoms with Crippen LogP contribution in [0.4, 0.5) is 0 Å². The molecule has 1 fully saturated rings. The van der Waals surface area contributed by atoms with Crippen LogP contribution in [0, 0.1) is 0 Å². The SMILES string of the molecule is NC[C@H]1CC[C@@H](C(=O)NCC(c2ccccc2)c2ccccc2)O1. The second kappa shape index (κ2) is 8.08. The van der Waals surface area contributed by atoms with Gasteiger partial charge in [-0.3, -0.25) is 4.79 Å². The molecular weight excluding hydrogens is 300 g/mol. The topological polar surface area (TPSA) is 64.4 Å². The molecule has 0 spiro atoms. The minimum absolute atomic E-state index is 0.0137. The van der Waals surface area contributed by atoms with E-state index < -0.39 is 0 Å². The van der Waals surface area contributed by atoms with E-state index in [4.69, 9.17) is 10.5 Å². The highest BCUT2D eigenvalue weighted by Crippen LogP contribution is 2.24. The number of rotatable bonds is 6. The van der Waals surface area contributed by atoms with E-state index in [1.807, 2.05) is 36.4 Å². The Bertz CT molecular complexity index is 606. The van der Waals surface area contributed by atoms with Crippen LogP contribution in [-0.2, 0) is 9.53 Å². The molecule has 2 aromatic rings. The van der Waals surface area contributed by atoms with Gasteiger partial charge in [-0.05, 0) is 24.0 Å². The van der Waals surface area contributed by atoms with Crippen LogP contribution in [0.5, 0.6) is 0 Å². The van der Waals surface area contributed by atoms with Crippen LogP contribution in [-0.4, -0.2) is 31.2 Å². The summed E-state index contributed by atoms with van der Waals surface area (Å²) in [7, 11) is 0. The third-order valence-electron chi connectivity index (χ3n) is 4.55. The van der Waals surface area contributed by atoms with Crippen molar-refractivity contribution >= 4 is 5.91 Å². The Morgan fingerprint density at radius 2 is 1.62 bits per heavy atom. The predicted octanol–water partition coefficient (Wildman–Crippen LogP) is 2.44. The molecule has 0 radical (unpaired) electrons. The molecular formula is C20H24N2O2. The molecule has 1 aliphatic rings. The summed E-state index contributed by atoms with van der Waals surface area (Å²) in [6.45, 7) is 1.03. The Hall–Kier alpha value is -2.17. The quantitative estimate of drug-likeness (QED) is 0.858. The highest BCUT2D eigenvalue weighted by atomic mass is 16.5. The van der Waals surface area contributed by atoms with Crippen LogP contribution in [0.3, 0.4) is 0 Å². The van der Waals surface area contributed by atoms with Crippen molar-refractivity contribution in [1.82, 2.24) is 5.32 Å². The highest BCUT2D eigenvalue weighted by molar-refractivity contribution is 5.81. The second-order valence-corrected chi connectivity index (χ2v) is 6.18. The van der Waals surface area contributed by atoms with E-state index in [-0.39, 0.29) is 24.0 Å². The summed E-state index contributed by atoms with van der Waals surface area (Å²) in [6, 6.07) is 20.5. The summed E-state index contributed by atoms with van der Waals surface area (Å²) in [5.74, 6) is 0.0888. The van der Waals surface area contributed by atoms with Crippen molar-refractivity contribution in [2.45, 2.75) is 31.0 Å². The lowest BCUT2D eigenvalue weighted by Crippen LogP contribution is -2.37. The van der Waals surface area contributed by atoms with E-state index in [9.17, 15) is 4.79 Å². The van der Waals surface area contributed by atoms with Gasteiger partial charge in [0.05, 0.1) is 6.10 Å². The standard InChI is InChI=1S/C20H24N2O2/c21-13-17-11-12-19(24-17)20(23)22-14-18(15-7-3-1-4-8-15)16-9-5-2-6-10-16/h1-10,17-19H,11-14,21H2,(H,22,23)/t17-,19+/m1/s1. The van der Waals surface area contributed by atoms with Crippen molar-refractivity contribution in [1.29, 1.82) is 0 Å². The van der Waals surface area contributed by atoms with E-state index in [1.54, 1.807) is 0 Å². The molecule has 4 heteroatoms. The van der Waals surface area contributed by atoms with Crippen molar-refractivity contribution in [3.63, 3.8) is 0 Å². The van der Waals surface area contributed by atoms with Crippen molar-refractivity contribution < 1.29 is 9.53 Å². The molecule has 2 aromatic carbocycles. The summed E-state index contributed by atoms with van der Waals surface area (Å²) in [4.78, 5) is 12.4. The molecule has 24 heavy (non-hydrogen) atoms. The second-order valence-electron chi connectivity index (χ2n) is 6.18. The molecule has 1 aliphatic heterocycles. The van der Waals surface area contributed by atoms with Gasteiger partial charge >= 0.3 is 0 Å². The van der Waals surface area contributed by atoms with E-state index in [0.29, 0.717) is 13.1 Å². The fraction of sp³-hybridized carbons (Fsp3) is 0.350. The fourth-order valence-corrected chi connectivity index (χ4v) is 3.19. The predicted molar refractivity (Wildman–Crippen MR) is 94.7 cm³/mol. The number of ether oxygens (including phenoxy) is 1. The zero-order valence-corrected chi connectivity index (χ0v) is 13.7. The van der Waals surface area contributed by atoms with E-state index >= 15 is 0 Å². The Balaban J connectivity index is 1.68. The molecule has 0 aromatic heterocycles. The number of hydrogen-bond acceptors (Lipinski definition) is 3. The minimum atomic E-state index is -0.370. The van der Waals surface area contributed by atoms with E-state index in [1.165, 1.54) is 11.1 Å². The summed E-state index contributed by atoms with van der Waals surface area (Å²) >= 11 is 0. The fourth-order valence-electron chi connectivity index (χ4n) is 3.19. The molecule has 1 amide bonds. The first-order chi connectivity index (χ1) is 11.8. The third kappa shape index (κ3) is 4.02. The molecule has 3 rings (SSSR count). The molecule has 1 heterocycles. The van der Waals surface area contributed by atoms with Gasteiger partial charge in [-0.2, -0.15) is 0 Å². The first kappa shape index (κ1) is 16.7. The third-order valence-corrected chi connectivity index (χ3v) is 4.55. The van der Waals surface area contributed by atoms with Crippen LogP contribution in [0.15, 0.2) is 60.7 Å². The van der Waals surface area contributed by atoms with Crippen LogP contribution >= 0.6 is 0 Å². The Kier molecular flexibility index (Phi) is 5.62. The normalized spacial score (nSPS) is 20.2. The molecule has 0 unspecified atom stereocenters. The molecule has 1 saturated heterocycles. The van der Waals surface area contributed by atoms with Crippen molar-refractivity contribution in [2.75, 3.05) is 13.1 Å². The average molecular weight is 324 g/mol. The zero-order valence-electron chi connectivity index (χ0n) is 13.7. The van der Waals surface area contributed by atoms with Crippen LogP contribution < -0.4 is 11.1 Å². The summed E-state index contributed by atoms with van der Waals surface area (Å²) in [5, 5.41) is 3.06. The Morgan fingerprint density at radius 3 is 2.12 bits per heavy atom. The number of hydrogen-bond donors (Lipinski definition) is 2. The number of nitrogens with two attached hydrogens (primary N) is 1. The maximum Gasteiger partial charge on any atom is 0.249 e. The maximum atomic E-state index is 12.4. The van der Waals surface area contributed by atoms with E-state index in [2.05, 4.69) is 29.6 Å². The van der Waals surface area contributed by atoms with Gasteiger partial charge in [-0.1, -0.05) is 60.7 Å². The van der Waals surface area contributed by atoms with Crippen molar-refractivity contribution in [3.8, 4) is 0 Å². The van der Waals surface area contributed by atoms with Gasteiger partial charge in [-0.25, -0.2) is 0 Å².